The quantitative estimate of drug-likeness (QED) is 0.126. The van der Waals surface area contributed by atoms with Gasteiger partial charge in [0.15, 0.2) is 0 Å². The molecule has 11 aromatic rings. The fourth-order valence-corrected chi connectivity index (χ4v) is 11.1. The van der Waals surface area contributed by atoms with Crippen LogP contribution in [0.4, 0.5) is 34.1 Å². The van der Waals surface area contributed by atoms with Gasteiger partial charge in [0.2, 0.25) is 0 Å². The smallest absolute Gasteiger partial charge is 0.0618 e. The Morgan fingerprint density at radius 1 is 0.271 bits per heavy atom. The molecular weight excluding hydrogens is 845 g/mol. The lowest BCUT2D eigenvalue weighted by Gasteiger charge is -2.30. The molecule has 0 aliphatic rings. The standard InChI is InChI=1S/C68H60N2/c1-43(2)49-29-33-53(34-30-49)69(55-39-45(5)37-46(6)40-55)67-61-21-13-9-17-57(61)65(58-18-10-14-22-62(58)67)51-25-27-52(28-26-51)66-59-19-11-15-23-63(59)68(64-24-16-12-20-60(64)66)70(56-41-47(7)38-48(8)42-56)54-35-31-50(32-36-54)44(3)4/h9-44H,1-8H3. The molecule has 0 saturated heterocycles. The maximum Gasteiger partial charge on any atom is 0.0618 e. The number of hydrogen-bond donors (Lipinski definition) is 0. The van der Waals surface area contributed by atoms with E-state index in [2.05, 4.69) is 271 Å². The zero-order valence-electron chi connectivity index (χ0n) is 41.7. The molecule has 0 fully saturated rings. The van der Waals surface area contributed by atoms with Gasteiger partial charge in [-0.25, -0.2) is 0 Å². The van der Waals surface area contributed by atoms with Crippen molar-refractivity contribution in [3.8, 4) is 22.3 Å². The van der Waals surface area contributed by atoms with Crippen molar-refractivity contribution in [2.75, 3.05) is 9.80 Å². The molecule has 11 rings (SSSR count). The van der Waals surface area contributed by atoms with Crippen molar-refractivity contribution < 1.29 is 0 Å². The highest BCUT2D eigenvalue weighted by Crippen LogP contribution is 2.51. The molecule has 0 spiro atoms. The molecule has 0 amide bonds. The number of anilines is 6. The first kappa shape index (κ1) is 44.6. The second kappa shape index (κ2) is 18.2. The lowest BCUT2D eigenvalue weighted by molar-refractivity contribution is 0.866. The molecule has 0 bridgehead atoms. The Balaban J connectivity index is 1.11. The summed E-state index contributed by atoms with van der Waals surface area (Å²) in [6.07, 6.45) is 0. The van der Waals surface area contributed by atoms with E-state index in [4.69, 9.17) is 0 Å². The van der Waals surface area contributed by atoms with Crippen LogP contribution in [0, 0.1) is 27.7 Å². The highest BCUT2D eigenvalue weighted by Gasteiger charge is 2.25. The minimum Gasteiger partial charge on any atom is -0.309 e. The Bertz CT molecular complexity index is 3340. The van der Waals surface area contributed by atoms with E-state index in [1.54, 1.807) is 0 Å². The molecule has 0 N–H and O–H groups in total. The van der Waals surface area contributed by atoms with Crippen molar-refractivity contribution in [2.24, 2.45) is 0 Å². The number of rotatable bonds is 10. The van der Waals surface area contributed by atoms with Crippen molar-refractivity contribution >= 4 is 77.2 Å². The van der Waals surface area contributed by atoms with Crippen molar-refractivity contribution in [1.82, 2.24) is 0 Å². The van der Waals surface area contributed by atoms with Gasteiger partial charge in [-0.2, -0.15) is 0 Å². The van der Waals surface area contributed by atoms with Crippen molar-refractivity contribution in [1.29, 1.82) is 0 Å². The van der Waals surface area contributed by atoms with E-state index in [1.807, 2.05) is 0 Å². The molecular formula is C68H60N2. The van der Waals surface area contributed by atoms with E-state index >= 15 is 0 Å². The van der Waals surface area contributed by atoms with Crippen LogP contribution in [0.1, 0.15) is 72.9 Å². The normalized spacial score (nSPS) is 11.7. The van der Waals surface area contributed by atoms with Crippen LogP contribution in [0.5, 0.6) is 0 Å². The monoisotopic (exact) mass is 904 g/mol. The summed E-state index contributed by atoms with van der Waals surface area (Å²) in [5, 5.41) is 9.77. The second-order valence-electron chi connectivity index (χ2n) is 20.1. The van der Waals surface area contributed by atoms with Crippen molar-refractivity contribution in [2.45, 2.75) is 67.2 Å². The fourth-order valence-electron chi connectivity index (χ4n) is 11.1. The third-order valence-corrected chi connectivity index (χ3v) is 14.3. The van der Waals surface area contributed by atoms with E-state index in [-0.39, 0.29) is 0 Å². The number of fused-ring (bicyclic) bond motifs is 4. The molecule has 0 aliphatic heterocycles. The largest absolute Gasteiger partial charge is 0.309 e. The molecule has 0 atom stereocenters. The molecule has 0 aliphatic carbocycles. The van der Waals surface area contributed by atoms with Gasteiger partial charge in [-0.1, -0.05) is 185 Å². The maximum atomic E-state index is 2.49. The van der Waals surface area contributed by atoms with E-state index in [9.17, 15) is 0 Å². The molecule has 0 unspecified atom stereocenters. The highest BCUT2D eigenvalue weighted by atomic mass is 15.2. The molecule has 70 heavy (non-hydrogen) atoms. The van der Waals surface area contributed by atoms with Crippen LogP contribution in [-0.4, -0.2) is 0 Å². The summed E-state index contributed by atoms with van der Waals surface area (Å²) in [5.41, 5.74) is 19.5. The van der Waals surface area contributed by atoms with Gasteiger partial charge in [0.05, 0.1) is 11.4 Å². The summed E-state index contributed by atoms with van der Waals surface area (Å²) in [7, 11) is 0. The number of benzene rings is 11. The molecule has 0 saturated carbocycles. The topological polar surface area (TPSA) is 6.48 Å². The van der Waals surface area contributed by atoms with Gasteiger partial charge in [-0.15, -0.1) is 0 Å². The zero-order chi connectivity index (χ0) is 48.2. The second-order valence-corrected chi connectivity index (χ2v) is 20.1. The Hall–Kier alpha value is -7.94. The van der Waals surface area contributed by atoms with Crippen LogP contribution in [0.2, 0.25) is 0 Å². The number of aryl methyl sites for hydroxylation is 4. The van der Waals surface area contributed by atoms with Crippen LogP contribution < -0.4 is 9.80 Å². The molecule has 0 heterocycles. The SMILES string of the molecule is Cc1cc(C)cc(N(c2ccc(C(C)C)cc2)c2c3ccccc3c(-c3ccc(-c4c5ccccc5c(N(c5ccc(C(C)C)cc5)c5cc(C)cc(C)c5)c5ccccc45)cc3)c3ccccc23)c1. The van der Waals surface area contributed by atoms with E-state index in [0.717, 1.165) is 22.7 Å². The summed E-state index contributed by atoms with van der Waals surface area (Å²) in [5.74, 6) is 0.897. The predicted molar refractivity (Wildman–Crippen MR) is 304 cm³/mol. The Morgan fingerprint density at radius 2 is 0.529 bits per heavy atom. The maximum absolute atomic E-state index is 2.49. The average Bonchev–Trinajstić information content (AvgIpc) is 3.36. The number of hydrogen-bond acceptors (Lipinski definition) is 2. The minimum absolute atomic E-state index is 0.449. The summed E-state index contributed by atoms with van der Waals surface area (Å²) in [6, 6.07) is 77.6. The van der Waals surface area contributed by atoms with Crippen LogP contribution in [0.25, 0.3) is 65.3 Å². The first-order chi connectivity index (χ1) is 34.0. The molecule has 342 valence electrons. The van der Waals surface area contributed by atoms with Crippen molar-refractivity contribution in [3.63, 3.8) is 0 Å². The van der Waals surface area contributed by atoms with E-state index < -0.39 is 0 Å². The Labute approximate surface area is 414 Å². The third-order valence-electron chi connectivity index (χ3n) is 14.3. The van der Waals surface area contributed by atoms with Gasteiger partial charge in [-0.05, 0) is 165 Å². The van der Waals surface area contributed by atoms with Crippen LogP contribution in [-0.2, 0) is 0 Å². The Kier molecular flexibility index (Phi) is 11.6. The van der Waals surface area contributed by atoms with Crippen LogP contribution in [0.15, 0.2) is 206 Å². The molecule has 11 aromatic carbocycles. The molecule has 2 heteroatoms. The lowest BCUT2D eigenvalue weighted by Crippen LogP contribution is -2.12. The predicted octanol–water partition coefficient (Wildman–Crippen LogP) is 20.1. The Morgan fingerprint density at radius 3 is 0.786 bits per heavy atom. The lowest BCUT2D eigenvalue weighted by atomic mass is 9.87. The van der Waals surface area contributed by atoms with Gasteiger partial charge >= 0.3 is 0 Å². The third kappa shape index (κ3) is 7.98. The van der Waals surface area contributed by atoms with Gasteiger partial charge in [-0.3, -0.25) is 0 Å². The highest BCUT2D eigenvalue weighted by molar-refractivity contribution is 6.24. The first-order valence-electron chi connectivity index (χ1n) is 25.0. The minimum atomic E-state index is 0.449. The summed E-state index contributed by atoms with van der Waals surface area (Å²) in [4.78, 5) is 4.98. The summed E-state index contributed by atoms with van der Waals surface area (Å²) >= 11 is 0. The van der Waals surface area contributed by atoms with Crippen LogP contribution >= 0.6 is 0 Å². The van der Waals surface area contributed by atoms with Crippen LogP contribution in [0.3, 0.4) is 0 Å². The van der Waals surface area contributed by atoms with Gasteiger partial charge in [0.25, 0.3) is 0 Å². The molecule has 0 aromatic heterocycles. The summed E-state index contributed by atoms with van der Waals surface area (Å²) in [6.45, 7) is 17.9. The summed E-state index contributed by atoms with van der Waals surface area (Å²) < 4.78 is 0. The fraction of sp³-hybridized carbons (Fsp3) is 0.147. The van der Waals surface area contributed by atoms with Gasteiger partial charge in [0.1, 0.15) is 0 Å². The average molecular weight is 905 g/mol. The molecule has 0 radical (unpaired) electrons. The van der Waals surface area contributed by atoms with Gasteiger partial charge < -0.3 is 9.80 Å². The zero-order valence-corrected chi connectivity index (χ0v) is 41.7. The molecule has 2 nitrogen and oxygen atoms in total. The first-order valence-corrected chi connectivity index (χ1v) is 25.0. The van der Waals surface area contributed by atoms with Crippen molar-refractivity contribution in [3.05, 3.63) is 240 Å². The van der Waals surface area contributed by atoms with E-state index in [0.29, 0.717) is 11.8 Å². The number of nitrogens with zero attached hydrogens (tertiary/aromatic N) is 2. The van der Waals surface area contributed by atoms with E-state index in [1.165, 1.54) is 110 Å². The van der Waals surface area contributed by atoms with Gasteiger partial charge in [0, 0.05) is 44.3 Å².